The van der Waals surface area contributed by atoms with Crippen molar-refractivity contribution >= 4 is 11.6 Å². The van der Waals surface area contributed by atoms with Gasteiger partial charge < -0.3 is 9.64 Å². The molecule has 0 radical (unpaired) electrons. The molecule has 1 aromatic heterocycles. The number of para-hydroxylation sites is 1. The Morgan fingerprint density at radius 3 is 2.68 bits per heavy atom. The van der Waals surface area contributed by atoms with Crippen LogP contribution in [0.1, 0.15) is 41.4 Å². The van der Waals surface area contributed by atoms with E-state index in [1.807, 2.05) is 36.4 Å². The highest BCUT2D eigenvalue weighted by Gasteiger charge is 2.28. The first kappa shape index (κ1) is 19.8. The minimum absolute atomic E-state index is 0.116. The monoisotopic (exact) mass is 416 g/mol. The molecule has 5 rings (SSSR count). The van der Waals surface area contributed by atoms with Gasteiger partial charge in [0.25, 0.3) is 5.91 Å². The van der Waals surface area contributed by atoms with Crippen molar-refractivity contribution in [2.24, 2.45) is 5.92 Å². The zero-order valence-electron chi connectivity index (χ0n) is 18.1. The van der Waals surface area contributed by atoms with Gasteiger partial charge in [-0.1, -0.05) is 31.2 Å². The van der Waals surface area contributed by atoms with Gasteiger partial charge in [-0.3, -0.25) is 14.8 Å². The summed E-state index contributed by atoms with van der Waals surface area (Å²) < 4.78 is 5.84. The standard InChI is InChI=1S/C25H28N4O2/c1-17-11-13-29(14-12-17)15-18-7-9-19(10-8-18)28(2)25(30)24-21-16-31-22-6-4-3-5-20(22)23(21)26-27-24/h3-10,17H,11-16H2,1-2H3,(H,26,27). The van der Waals surface area contributed by atoms with Gasteiger partial charge in [0.1, 0.15) is 23.7 Å². The number of fused-ring (bicyclic) bond motifs is 3. The number of amides is 1. The van der Waals surface area contributed by atoms with E-state index in [0.29, 0.717) is 12.3 Å². The summed E-state index contributed by atoms with van der Waals surface area (Å²) in [6.45, 7) is 5.97. The molecule has 1 N–H and O–H groups in total. The summed E-state index contributed by atoms with van der Waals surface area (Å²) in [5, 5.41) is 7.37. The predicted octanol–water partition coefficient (Wildman–Crippen LogP) is 4.48. The minimum atomic E-state index is -0.116. The second-order valence-electron chi connectivity index (χ2n) is 8.70. The number of piperidine rings is 1. The molecule has 2 aliphatic heterocycles. The summed E-state index contributed by atoms with van der Waals surface area (Å²) in [6, 6.07) is 16.1. The lowest BCUT2D eigenvalue weighted by Crippen LogP contribution is -2.32. The number of H-pyrrole nitrogens is 1. The second kappa shape index (κ2) is 8.19. The molecule has 3 heterocycles. The summed E-state index contributed by atoms with van der Waals surface area (Å²) >= 11 is 0. The lowest BCUT2D eigenvalue weighted by molar-refractivity contribution is 0.0985. The highest BCUT2D eigenvalue weighted by molar-refractivity contribution is 6.06. The van der Waals surface area contributed by atoms with Crippen LogP contribution < -0.4 is 9.64 Å². The van der Waals surface area contributed by atoms with Crippen LogP contribution in [-0.2, 0) is 13.2 Å². The third-order valence-corrected chi connectivity index (χ3v) is 6.51. The largest absolute Gasteiger partial charge is 0.488 e. The van der Waals surface area contributed by atoms with Gasteiger partial charge >= 0.3 is 0 Å². The molecular formula is C25H28N4O2. The molecular weight excluding hydrogens is 388 g/mol. The molecule has 1 amide bonds. The number of hydrogen-bond donors (Lipinski definition) is 1. The highest BCUT2D eigenvalue weighted by Crippen LogP contribution is 2.37. The van der Waals surface area contributed by atoms with Crippen molar-refractivity contribution in [2.45, 2.75) is 32.9 Å². The number of anilines is 1. The summed E-state index contributed by atoms with van der Waals surface area (Å²) in [6.07, 6.45) is 2.55. The molecule has 160 valence electrons. The number of hydrogen-bond acceptors (Lipinski definition) is 4. The van der Waals surface area contributed by atoms with Crippen LogP contribution in [0.5, 0.6) is 5.75 Å². The number of nitrogens with one attached hydrogen (secondary N) is 1. The van der Waals surface area contributed by atoms with Crippen molar-refractivity contribution < 1.29 is 9.53 Å². The Kier molecular flexibility index (Phi) is 5.24. The van der Waals surface area contributed by atoms with Crippen molar-refractivity contribution in [3.8, 4) is 17.0 Å². The number of nitrogens with zero attached hydrogens (tertiary/aromatic N) is 3. The zero-order valence-corrected chi connectivity index (χ0v) is 18.1. The number of aromatic nitrogens is 2. The lowest BCUT2D eigenvalue weighted by Gasteiger charge is -2.30. The van der Waals surface area contributed by atoms with E-state index in [-0.39, 0.29) is 5.91 Å². The molecule has 0 bridgehead atoms. The summed E-state index contributed by atoms with van der Waals surface area (Å²) in [5.74, 6) is 1.52. The van der Waals surface area contributed by atoms with Gasteiger partial charge in [-0.25, -0.2) is 0 Å². The molecule has 0 unspecified atom stereocenters. The smallest absolute Gasteiger partial charge is 0.276 e. The van der Waals surface area contributed by atoms with Crippen LogP contribution in [0.15, 0.2) is 48.5 Å². The second-order valence-corrected chi connectivity index (χ2v) is 8.70. The van der Waals surface area contributed by atoms with E-state index in [9.17, 15) is 4.79 Å². The van der Waals surface area contributed by atoms with E-state index in [1.54, 1.807) is 11.9 Å². The lowest BCUT2D eigenvalue weighted by atomic mass is 9.99. The zero-order chi connectivity index (χ0) is 21.4. The van der Waals surface area contributed by atoms with Crippen LogP contribution in [0.4, 0.5) is 5.69 Å². The average Bonchev–Trinajstić information content (AvgIpc) is 3.25. The number of carbonyl (C=O) groups excluding carboxylic acids is 1. The van der Waals surface area contributed by atoms with Gasteiger partial charge in [-0.05, 0) is 61.7 Å². The number of ether oxygens (including phenoxy) is 1. The van der Waals surface area contributed by atoms with Crippen LogP contribution in [0, 0.1) is 5.92 Å². The van der Waals surface area contributed by atoms with Crippen molar-refractivity contribution in [1.82, 2.24) is 15.1 Å². The first-order valence-electron chi connectivity index (χ1n) is 11.0. The Morgan fingerprint density at radius 1 is 1.16 bits per heavy atom. The Morgan fingerprint density at radius 2 is 1.90 bits per heavy atom. The predicted molar refractivity (Wildman–Crippen MR) is 121 cm³/mol. The minimum Gasteiger partial charge on any atom is -0.488 e. The number of likely N-dealkylation sites (tertiary alicyclic amines) is 1. The van der Waals surface area contributed by atoms with Crippen molar-refractivity contribution in [1.29, 1.82) is 0 Å². The van der Waals surface area contributed by atoms with Crippen LogP contribution in [-0.4, -0.2) is 41.1 Å². The third kappa shape index (κ3) is 3.83. The molecule has 2 aromatic carbocycles. The molecule has 3 aromatic rings. The fraction of sp³-hybridized carbons (Fsp3) is 0.360. The maximum Gasteiger partial charge on any atom is 0.276 e. The summed E-state index contributed by atoms with van der Waals surface area (Å²) in [4.78, 5) is 17.4. The van der Waals surface area contributed by atoms with Gasteiger partial charge in [0.05, 0.1) is 0 Å². The van der Waals surface area contributed by atoms with E-state index in [4.69, 9.17) is 4.74 Å². The number of benzene rings is 2. The molecule has 0 spiro atoms. The van der Waals surface area contributed by atoms with Crippen LogP contribution in [0.2, 0.25) is 0 Å². The fourth-order valence-electron chi connectivity index (χ4n) is 4.43. The van der Waals surface area contributed by atoms with Crippen LogP contribution in [0.25, 0.3) is 11.3 Å². The summed E-state index contributed by atoms with van der Waals surface area (Å²) in [5.41, 5.74) is 5.15. The van der Waals surface area contributed by atoms with Crippen molar-refractivity contribution in [3.05, 3.63) is 65.4 Å². The maximum atomic E-state index is 13.2. The molecule has 0 aliphatic carbocycles. The number of aromatic amines is 1. The highest BCUT2D eigenvalue weighted by atomic mass is 16.5. The van der Waals surface area contributed by atoms with Crippen molar-refractivity contribution in [2.75, 3.05) is 25.0 Å². The van der Waals surface area contributed by atoms with Gasteiger partial charge in [0.2, 0.25) is 0 Å². The SMILES string of the molecule is CC1CCN(Cc2ccc(N(C)C(=O)c3[nH]nc4c3COc3ccccc3-4)cc2)CC1. The van der Waals surface area contributed by atoms with E-state index >= 15 is 0 Å². The van der Waals surface area contributed by atoms with Crippen LogP contribution >= 0.6 is 0 Å². The number of rotatable bonds is 4. The van der Waals surface area contributed by atoms with E-state index in [2.05, 4.69) is 34.2 Å². The van der Waals surface area contributed by atoms with Gasteiger partial charge in [0.15, 0.2) is 0 Å². The first-order valence-corrected chi connectivity index (χ1v) is 11.0. The maximum absolute atomic E-state index is 13.2. The molecule has 31 heavy (non-hydrogen) atoms. The normalized spacial score (nSPS) is 16.3. The molecule has 0 atom stereocenters. The molecule has 1 saturated heterocycles. The topological polar surface area (TPSA) is 61.5 Å². The van der Waals surface area contributed by atoms with Gasteiger partial charge in [0, 0.05) is 30.4 Å². The molecule has 2 aliphatic rings. The Bertz CT molecular complexity index is 1080. The third-order valence-electron chi connectivity index (χ3n) is 6.51. The Hall–Kier alpha value is -3.12. The fourth-order valence-corrected chi connectivity index (χ4v) is 4.43. The quantitative estimate of drug-likeness (QED) is 0.681. The van der Waals surface area contributed by atoms with E-state index in [1.165, 1.54) is 18.4 Å². The van der Waals surface area contributed by atoms with Gasteiger partial charge in [-0.15, -0.1) is 0 Å². The molecule has 0 saturated carbocycles. The molecule has 6 nitrogen and oxygen atoms in total. The summed E-state index contributed by atoms with van der Waals surface area (Å²) in [7, 11) is 1.80. The average molecular weight is 417 g/mol. The molecule has 6 heteroatoms. The Labute approximate surface area is 182 Å². The van der Waals surface area contributed by atoms with E-state index in [0.717, 1.165) is 53.8 Å². The first-order chi connectivity index (χ1) is 15.1. The van der Waals surface area contributed by atoms with Gasteiger partial charge in [-0.2, -0.15) is 5.10 Å². The van der Waals surface area contributed by atoms with E-state index < -0.39 is 0 Å². The Balaban J connectivity index is 1.30. The van der Waals surface area contributed by atoms with Crippen molar-refractivity contribution in [3.63, 3.8) is 0 Å². The number of carbonyl (C=O) groups is 1. The van der Waals surface area contributed by atoms with Crippen LogP contribution in [0.3, 0.4) is 0 Å². The molecule has 1 fully saturated rings.